The highest BCUT2D eigenvalue weighted by atomic mass is 79.9. The average molecular weight is 344 g/mol. The van der Waals surface area contributed by atoms with Crippen molar-refractivity contribution < 1.29 is 4.42 Å². The number of hydrogen-bond acceptors (Lipinski definition) is 3. The molecule has 0 fully saturated rings. The molecular weight excluding hydrogens is 330 g/mol. The van der Waals surface area contributed by atoms with Crippen LogP contribution in [0.4, 0.5) is 0 Å². The molecule has 2 heterocycles. The molecule has 0 unspecified atom stereocenters. The maximum absolute atomic E-state index is 9.04. The molecule has 3 rings (SSSR count). The van der Waals surface area contributed by atoms with Crippen LogP contribution in [-0.4, -0.2) is 9.55 Å². The van der Waals surface area contributed by atoms with Gasteiger partial charge in [-0.3, -0.25) is 0 Å². The number of nitriles is 1. The minimum absolute atomic E-state index is 0.155. The fourth-order valence-electron chi connectivity index (χ4n) is 2.43. The molecule has 0 bridgehead atoms. The van der Waals surface area contributed by atoms with Crippen molar-refractivity contribution in [1.82, 2.24) is 9.55 Å². The average Bonchev–Trinajstić information content (AvgIpc) is 3.00. The third-order valence-corrected chi connectivity index (χ3v) is 3.67. The van der Waals surface area contributed by atoms with Crippen LogP contribution in [0.25, 0.3) is 22.6 Å². The number of benzene rings is 1. The van der Waals surface area contributed by atoms with Crippen LogP contribution in [0.1, 0.15) is 26.3 Å². The van der Waals surface area contributed by atoms with Crippen molar-refractivity contribution in [2.75, 3.05) is 0 Å². The first-order chi connectivity index (χ1) is 9.90. The van der Waals surface area contributed by atoms with Crippen LogP contribution in [0.3, 0.4) is 0 Å². The Balaban J connectivity index is 2.35. The Morgan fingerprint density at radius 2 is 2.00 bits per heavy atom. The Morgan fingerprint density at radius 3 is 2.57 bits per heavy atom. The number of fused-ring (bicyclic) bond motifs is 1. The Labute approximate surface area is 131 Å². The molecule has 1 aromatic carbocycles. The molecule has 3 aromatic rings. The highest BCUT2D eigenvalue weighted by Crippen LogP contribution is 2.33. The molecule has 4 nitrogen and oxygen atoms in total. The monoisotopic (exact) mass is 343 g/mol. The number of nitrogens with zero attached hydrogens (tertiary/aromatic N) is 3. The largest absolute Gasteiger partial charge is 0.446 e. The summed E-state index contributed by atoms with van der Waals surface area (Å²) in [7, 11) is 0. The lowest BCUT2D eigenvalue weighted by Gasteiger charge is -2.24. The number of halogens is 1. The maximum Gasteiger partial charge on any atom is 0.177 e. The number of imidazole rings is 1. The highest BCUT2D eigenvalue weighted by molar-refractivity contribution is 9.10. The van der Waals surface area contributed by atoms with E-state index in [1.54, 1.807) is 6.07 Å². The number of rotatable bonds is 1. The molecule has 0 aliphatic rings. The van der Waals surface area contributed by atoms with Gasteiger partial charge in [0, 0.05) is 5.54 Å². The SMILES string of the molecule is CC(C)(C)n1c(-c2ccc(Br)o2)nc2cc(C#N)ccc21. The summed E-state index contributed by atoms with van der Waals surface area (Å²) in [4.78, 5) is 4.67. The van der Waals surface area contributed by atoms with Crippen LogP contribution in [0.5, 0.6) is 0 Å². The summed E-state index contributed by atoms with van der Waals surface area (Å²) >= 11 is 3.32. The third-order valence-electron chi connectivity index (χ3n) is 3.25. The van der Waals surface area contributed by atoms with Gasteiger partial charge >= 0.3 is 0 Å². The molecule has 21 heavy (non-hydrogen) atoms. The van der Waals surface area contributed by atoms with Crippen LogP contribution < -0.4 is 0 Å². The Kier molecular flexibility index (Phi) is 3.14. The predicted octanol–water partition coefficient (Wildman–Crippen LogP) is 4.69. The van der Waals surface area contributed by atoms with Crippen LogP contribution in [-0.2, 0) is 5.54 Å². The van der Waals surface area contributed by atoms with Gasteiger partial charge in [0.2, 0.25) is 0 Å². The van der Waals surface area contributed by atoms with E-state index in [-0.39, 0.29) is 5.54 Å². The van der Waals surface area contributed by atoms with Gasteiger partial charge in [0.1, 0.15) is 0 Å². The third kappa shape index (κ3) is 2.36. The van der Waals surface area contributed by atoms with E-state index in [4.69, 9.17) is 9.68 Å². The lowest BCUT2D eigenvalue weighted by Crippen LogP contribution is -2.22. The van der Waals surface area contributed by atoms with Crippen molar-refractivity contribution in [3.8, 4) is 17.7 Å². The van der Waals surface area contributed by atoms with Gasteiger partial charge in [-0.2, -0.15) is 5.26 Å². The summed E-state index contributed by atoms with van der Waals surface area (Å²) in [6.45, 7) is 6.36. The predicted molar refractivity (Wildman–Crippen MR) is 84.8 cm³/mol. The zero-order chi connectivity index (χ0) is 15.2. The van der Waals surface area contributed by atoms with Crippen LogP contribution in [0.2, 0.25) is 0 Å². The van der Waals surface area contributed by atoms with E-state index in [9.17, 15) is 0 Å². The van der Waals surface area contributed by atoms with Crippen LogP contribution in [0, 0.1) is 11.3 Å². The first kappa shape index (κ1) is 13.9. The topological polar surface area (TPSA) is 54.8 Å². The minimum Gasteiger partial charge on any atom is -0.446 e. The molecule has 0 saturated heterocycles. The first-order valence-corrected chi connectivity index (χ1v) is 7.38. The molecule has 0 spiro atoms. The molecule has 2 aromatic heterocycles. The van der Waals surface area contributed by atoms with E-state index in [2.05, 4.69) is 52.3 Å². The lowest BCUT2D eigenvalue weighted by atomic mass is 10.1. The van der Waals surface area contributed by atoms with Crippen molar-refractivity contribution in [3.05, 3.63) is 40.6 Å². The van der Waals surface area contributed by atoms with Crippen molar-refractivity contribution in [3.63, 3.8) is 0 Å². The fraction of sp³-hybridized carbons (Fsp3) is 0.250. The smallest absolute Gasteiger partial charge is 0.177 e. The zero-order valence-electron chi connectivity index (χ0n) is 12.0. The van der Waals surface area contributed by atoms with Gasteiger partial charge in [0.25, 0.3) is 0 Å². The molecular formula is C16H14BrN3O. The molecule has 0 saturated carbocycles. The summed E-state index contributed by atoms with van der Waals surface area (Å²) in [6, 6.07) is 11.4. The van der Waals surface area contributed by atoms with Gasteiger partial charge in [-0.1, -0.05) is 0 Å². The second-order valence-electron chi connectivity index (χ2n) is 5.86. The van der Waals surface area contributed by atoms with Gasteiger partial charge in [0.05, 0.1) is 22.7 Å². The molecule has 5 heteroatoms. The van der Waals surface area contributed by atoms with Crippen molar-refractivity contribution in [1.29, 1.82) is 5.26 Å². The summed E-state index contributed by atoms with van der Waals surface area (Å²) < 4.78 is 8.46. The van der Waals surface area contributed by atoms with Gasteiger partial charge in [0.15, 0.2) is 16.3 Å². The number of hydrogen-bond donors (Lipinski definition) is 0. The Bertz CT molecular complexity index is 862. The van der Waals surface area contributed by atoms with Crippen LogP contribution >= 0.6 is 15.9 Å². The van der Waals surface area contributed by atoms with Crippen molar-refractivity contribution >= 4 is 27.0 Å². The molecule has 0 aliphatic heterocycles. The summed E-state index contributed by atoms with van der Waals surface area (Å²) in [5.74, 6) is 1.46. The second kappa shape index (κ2) is 4.74. The number of furan rings is 1. The van der Waals surface area contributed by atoms with E-state index >= 15 is 0 Å². The standard InChI is InChI=1S/C16H14BrN3O/c1-16(2,3)20-12-5-4-10(9-18)8-11(12)19-15(20)13-6-7-14(17)21-13/h4-8H,1-3H3. The van der Waals surface area contributed by atoms with E-state index in [1.807, 2.05) is 24.3 Å². The summed E-state index contributed by atoms with van der Waals surface area (Å²) in [6.07, 6.45) is 0. The molecule has 0 amide bonds. The van der Waals surface area contributed by atoms with Gasteiger partial charge < -0.3 is 8.98 Å². The molecule has 106 valence electrons. The summed E-state index contributed by atoms with van der Waals surface area (Å²) in [5, 5.41) is 9.04. The first-order valence-electron chi connectivity index (χ1n) is 6.59. The fourth-order valence-corrected chi connectivity index (χ4v) is 2.74. The zero-order valence-corrected chi connectivity index (χ0v) is 13.6. The second-order valence-corrected chi connectivity index (χ2v) is 6.64. The van der Waals surface area contributed by atoms with Crippen molar-refractivity contribution in [2.45, 2.75) is 26.3 Å². The molecule has 0 radical (unpaired) electrons. The van der Waals surface area contributed by atoms with E-state index in [0.29, 0.717) is 16.0 Å². The van der Waals surface area contributed by atoms with Crippen LogP contribution in [0.15, 0.2) is 39.4 Å². The molecule has 0 aliphatic carbocycles. The lowest BCUT2D eigenvalue weighted by molar-refractivity contribution is 0.407. The quantitative estimate of drug-likeness (QED) is 0.644. The van der Waals surface area contributed by atoms with Gasteiger partial charge in [-0.05, 0) is 67.0 Å². The Hall–Kier alpha value is -2.06. The van der Waals surface area contributed by atoms with Gasteiger partial charge in [-0.25, -0.2) is 4.98 Å². The van der Waals surface area contributed by atoms with E-state index < -0.39 is 0 Å². The van der Waals surface area contributed by atoms with Crippen molar-refractivity contribution in [2.24, 2.45) is 0 Å². The maximum atomic E-state index is 9.04. The molecule has 0 N–H and O–H groups in total. The summed E-state index contributed by atoms with van der Waals surface area (Å²) in [5.41, 5.74) is 2.24. The highest BCUT2D eigenvalue weighted by Gasteiger charge is 2.24. The Morgan fingerprint density at radius 1 is 1.24 bits per heavy atom. The normalized spacial score (nSPS) is 11.8. The number of aromatic nitrogens is 2. The minimum atomic E-state index is -0.155. The van der Waals surface area contributed by atoms with E-state index in [0.717, 1.165) is 16.9 Å². The van der Waals surface area contributed by atoms with E-state index in [1.165, 1.54) is 0 Å². The van der Waals surface area contributed by atoms with Gasteiger partial charge in [-0.15, -0.1) is 0 Å². The molecule has 0 atom stereocenters.